The number of nitrogens with one attached hydrogen (secondary N) is 1. The van der Waals surface area contributed by atoms with Crippen molar-refractivity contribution >= 4 is 0 Å². The number of hydrogen-bond acceptors (Lipinski definition) is 2. The Morgan fingerprint density at radius 3 is 2.45 bits per heavy atom. The van der Waals surface area contributed by atoms with Crippen LogP contribution in [-0.2, 0) is 0 Å². The normalized spacial score (nSPS) is 23.1. The topological polar surface area (TPSA) is 15.3 Å². The molecule has 1 unspecified atom stereocenters. The van der Waals surface area contributed by atoms with Gasteiger partial charge in [0.15, 0.2) is 0 Å². The van der Waals surface area contributed by atoms with E-state index in [1.807, 2.05) is 0 Å². The third kappa shape index (κ3) is 2.91. The average molecular weight is 272 g/mol. The van der Waals surface area contributed by atoms with Gasteiger partial charge < -0.3 is 5.32 Å². The zero-order chi connectivity index (χ0) is 13.9. The number of piperidine rings is 1. The Morgan fingerprint density at radius 2 is 1.80 bits per heavy atom. The van der Waals surface area contributed by atoms with Crippen molar-refractivity contribution in [3.63, 3.8) is 0 Å². The first-order chi connectivity index (χ1) is 9.75. The van der Waals surface area contributed by atoms with E-state index >= 15 is 0 Å². The highest BCUT2D eigenvalue weighted by atomic mass is 15.2. The summed E-state index contributed by atoms with van der Waals surface area (Å²) in [6.07, 6.45) is 5.42. The zero-order valence-electron chi connectivity index (χ0n) is 13.0. The van der Waals surface area contributed by atoms with Crippen molar-refractivity contribution in [1.29, 1.82) is 0 Å². The molecule has 0 amide bonds. The molecule has 0 aromatic heterocycles. The first-order valence-corrected chi connectivity index (χ1v) is 8.27. The Balaban J connectivity index is 1.90. The van der Waals surface area contributed by atoms with Crippen LogP contribution in [-0.4, -0.2) is 31.1 Å². The molecule has 2 aliphatic heterocycles. The number of benzene rings is 1. The van der Waals surface area contributed by atoms with Gasteiger partial charge in [-0.3, -0.25) is 4.90 Å². The molecule has 2 heteroatoms. The first kappa shape index (κ1) is 14.1. The van der Waals surface area contributed by atoms with Crippen LogP contribution in [0.25, 0.3) is 0 Å². The maximum Gasteiger partial charge on any atom is 0.0379 e. The van der Waals surface area contributed by atoms with E-state index in [1.165, 1.54) is 63.0 Å². The second kappa shape index (κ2) is 6.28. The van der Waals surface area contributed by atoms with Crippen LogP contribution in [0.4, 0.5) is 0 Å². The largest absolute Gasteiger partial charge is 0.317 e. The molecule has 0 radical (unpaired) electrons. The summed E-state index contributed by atoms with van der Waals surface area (Å²) in [5.74, 6) is 0.829. The molecule has 2 heterocycles. The quantitative estimate of drug-likeness (QED) is 0.907. The van der Waals surface area contributed by atoms with Crippen LogP contribution in [0.2, 0.25) is 0 Å². The van der Waals surface area contributed by atoms with Gasteiger partial charge in [-0.25, -0.2) is 0 Å². The summed E-state index contributed by atoms with van der Waals surface area (Å²) >= 11 is 0. The number of nitrogens with zero attached hydrogens (tertiary/aromatic N) is 1. The second-order valence-electron chi connectivity index (χ2n) is 6.64. The molecule has 2 nitrogen and oxygen atoms in total. The zero-order valence-corrected chi connectivity index (χ0v) is 13.0. The highest BCUT2D eigenvalue weighted by Gasteiger charge is 2.32. The van der Waals surface area contributed by atoms with Crippen LogP contribution in [0.5, 0.6) is 0 Å². The van der Waals surface area contributed by atoms with Crippen LogP contribution in [0.15, 0.2) is 18.2 Å². The molecule has 2 fully saturated rings. The highest BCUT2D eigenvalue weighted by Crippen LogP contribution is 2.37. The van der Waals surface area contributed by atoms with Gasteiger partial charge in [-0.15, -0.1) is 0 Å². The van der Waals surface area contributed by atoms with Crippen molar-refractivity contribution in [2.75, 3.05) is 26.2 Å². The maximum absolute atomic E-state index is 3.52. The van der Waals surface area contributed by atoms with Crippen LogP contribution in [0.3, 0.4) is 0 Å². The predicted octanol–water partition coefficient (Wildman–Crippen LogP) is 3.44. The lowest BCUT2D eigenvalue weighted by molar-refractivity contribution is 0.148. The van der Waals surface area contributed by atoms with Gasteiger partial charge in [0.05, 0.1) is 0 Å². The van der Waals surface area contributed by atoms with Crippen LogP contribution in [0.1, 0.15) is 48.4 Å². The van der Waals surface area contributed by atoms with Crippen molar-refractivity contribution in [2.24, 2.45) is 5.92 Å². The Morgan fingerprint density at radius 1 is 1.10 bits per heavy atom. The SMILES string of the molecule is Cc1ccc(C(C2CCNCC2)N2CCCC2)c(C)c1. The fourth-order valence-electron chi connectivity index (χ4n) is 4.09. The first-order valence-electron chi connectivity index (χ1n) is 8.27. The number of rotatable bonds is 3. The smallest absolute Gasteiger partial charge is 0.0379 e. The van der Waals surface area contributed by atoms with Gasteiger partial charge in [0.1, 0.15) is 0 Å². The highest BCUT2D eigenvalue weighted by molar-refractivity contribution is 5.33. The maximum atomic E-state index is 3.52. The minimum atomic E-state index is 0.653. The summed E-state index contributed by atoms with van der Waals surface area (Å²) in [5, 5.41) is 3.52. The Bertz CT molecular complexity index is 443. The van der Waals surface area contributed by atoms with E-state index in [1.54, 1.807) is 5.56 Å². The molecule has 110 valence electrons. The lowest BCUT2D eigenvalue weighted by Crippen LogP contribution is -2.38. The van der Waals surface area contributed by atoms with Crippen molar-refractivity contribution < 1.29 is 0 Å². The summed E-state index contributed by atoms with van der Waals surface area (Å²) in [6, 6.07) is 7.71. The minimum Gasteiger partial charge on any atom is -0.317 e. The molecule has 3 rings (SSSR count). The molecule has 20 heavy (non-hydrogen) atoms. The molecule has 1 atom stereocenters. The molecular weight excluding hydrogens is 244 g/mol. The van der Waals surface area contributed by atoms with Gasteiger partial charge >= 0.3 is 0 Å². The third-order valence-corrected chi connectivity index (χ3v) is 5.11. The fourth-order valence-corrected chi connectivity index (χ4v) is 4.09. The number of likely N-dealkylation sites (tertiary alicyclic amines) is 1. The van der Waals surface area contributed by atoms with Crippen LogP contribution in [0, 0.1) is 19.8 Å². The van der Waals surface area contributed by atoms with Gasteiger partial charge in [-0.2, -0.15) is 0 Å². The minimum absolute atomic E-state index is 0.653. The Kier molecular flexibility index (Phi) is 4.42. The van der Waals surface area contributed by atoms with Gasteiger partial charge in [0, 0.05) is 6.04 Å². The van der Waals surface area contributed by atoms with Crippen molar-refractivity contribution in [2.45, 2.75) is 45.6 Å². The molecule has 0 aliphatic carbocycles. The lowest BCUT2D eigenvalue weighted by Gasteiger charge is -2.38. The predicted molar refractivity (Wildman–Crippen MR) is 85.1 cm³/mol. The summed E-state index contributed by atoms with van der Waals surface area (Å²) in [7, 11) is 0. The molecule has 0 saturated carbocycles. The summed E-state index contributed by atoms with van der Waals surface area (Å²) < 4.78 is 0. The van der Waals surface area contributed by atoms with E-state index in [4.69, 9.17) is 0 Å². The monoisotopic (exact) mass is 272 g/mol. The van der Waals surface area contributed by atoms with E-state index in [0.717, 1.165) is 5.92 Å². The van der Waals surface area contributed by atoms with Gasteiger partial charge in [-0.05, 0) is 82.8 Å². The third-order valence-electron chi connectivity index (χ3n) is 5.11. The van der Waals surface area contributed by atoms with Gasteiger partial charge in [0.25, 0.3) is 0 Å². The average Bonchev–Trinajstić information content (AvgIpc) is 2.97. The molecule has 2 saturated heterocycles. The van der Waals surface area contributed by atoms with E-state index in [9.17, 15) is 0 Å². The number of aryl methyl sites for hydroxylation is 2. The molecule has 1 N–H and O–H groups in total. The van der Waals surface area contributed by atoms with E-state index in [0.29, 0.717) is 6.04 Å². The molecule has 1 aromatic carbocycles. The summed E-state index contributed by atoms with van der Waals surface area (Å²) in [4.78, 5) is 2.76. The Hall–Kier alpha value is -0.860. The summed E-state index contributed by atoms with van der Waals surface area (Å²) in [5.41, 5.74) is 4.46. The molecule has 1 aromatic rings. The fraction of sp³-hybridized carbons (Fsp3) is 0.667. The van der Waals surface area contributed by atoms with Gasteiger partial charge in [0.2, 0.25) is 0 Å². The van der Waals surface area contributed by atoms with E-state index < -0.39 is 0 Å². The molecular formula is C18H28N2. The molecule has 2 aliphatic rings. The molecule has 0 bridgehead atoms. The van der Waals surface area contributed by atoms with E-state index in [2.05, 4.69) is 42.3 Å². The second-order valence-corrected chi connectivity index (χ2v) is 6.64. The number of hydrogen-bond donors (Lipinski definition) is 1. The van der Waals surface area contributed by atoms with Crippen LogP contribution >= 0.6 is 0 Å². The van der Waals surface area contributed by atoms with E-state index in [-0.39, 0.29) is 0 Å². The van der Waals surface area contributed by atoms with Crippen LogP contribution < -0.4 is 5.32 Å². The Labute approximate surface area is 123 Å². The summed E-state index contributed by atoms with van der Waals surface area (Å²) in [6.45, 7) is 9.47. The van der Waals surface area contributed by atoms with Gasteiger partial charge in [-0.1, -0.05) is 23.8 Å². The molecule has 0 spiro atoms. The standard InChI is InChI=1S/C18H28N2/c1-14-5-6-17(15(2)13-14)18(20-11-3-4-12-20)16-7-9-19-10-8-16/h5-6,13,16,18-19H,3-4,7-12H2,1-2H3. The van der Waals surface area contributed by atoms with Crippen molar-refractivity contribution in [1.82, 2.24) is 10.2 Å². The van der Waals surface area contributed by atoms with Crippen molar-refractivity contribution in [3.8, 4) is 0 Å². The lowest BCUT2D eigenvalue weighted by atomic mass is 9.83. The van der Waals surface area contributed by atoms with Crippen molar-refractivity contribution in [3.05, 3.63) is 34.9 Å².